The van der Waals surface area contributed by atoms with Crippen LogP contribution < -0.4 is 0 Å². The van der Waals surface area contributed by atoms with Gasteiger partial charge in [0.25, 0.3) is 0 Å². The van der Waals surface area contributed by atoms with E-state index in [1.165, 1.54) is 4.90 Å². The van der Waals surface area contributed by atoms with E-state index in [1.54, 1.807) is 4.90 Å². The van der Waals surface area contributed by atoms with E-state index >= 15 is 0 Å². The molecule has 0 bridgehead atoms. The molecule has 1 aliphatic carbocycles. The van der Waals surface area contributed by atoms with Crippen LogP contribution in [0.5, 0.6) is 0 Å². The Morgan fingerprint density at radius 2 is 1.26 bits per heavy atom. The predicted octanol–water partition coefficient (Wildman–Crippen LogP) is 4.57. The molecular weight excluding hydrogens is 496 g/mol. The first-order valence-corrected chi connectivity index (χ1v) is 13.0. The predicted molar refractivity (Wildman–Crippen MR) is 151 cm³/mol. The van der Waals surface area contributed by atoms with Gasteiger partial charge in [0, 0.05) is 13.1 Å². The highest BCUT2D eigenvalue weighted by Gasteiger charge is 2.48. The van der Waals surface area contributed by atoms with Crippen molar-refractivity contribution in [3.8, 4) is 0 Å². The number of carboxylic acids is 1. The standard InChI is InChI=1S/C31H32N2O4.H2S/c34-28(27(23-12-4-1-5-13-23)24-14-6-2-7-15-24)33-21-20-32(22-26(33)29(35)36)30(37)31(18-10-11-19-31)25-16-8-3-9-17-25;/h1-9,12-17,26-27H,10-11,18-22H2,(H,35,36);1H2/t26-;/m0./s1. The van der Waals surface area contributed by atoms with Crippen LogP contribution in [0.2, 0.25) is 0 Å². The lowest BCUT2D eigenvalue weighted by molar-refractivity contribution is -0.157. The van der Waals surface area contributed by atoms with Crippen LogP contribution in [0.1, 0.15) is 48.3 Å². The molecule has 2 aliphatic rings. The summed E-state index contributed by atoms with van der Waals surface area (Å²) in [6.45, 7) is 0.493. The number of rotatable bonds is 6. The van der Waals surface area contributed by atoms with Crippen LogP contribution in [0.15, 0.2) is 91.0 Å². The lowest BCUT2D eigenvalue weighted by Crippen LogP contribution is -2.62. The van der Waals surface area contributed by atoms with E-state index in [2.05, 4.69) is 0 Å². The molecule has 1 saturated carbocycles. The Hall–Kier alpha value is -3.58. The van der Waals surface area contributed by atoms with Gasteiger partial charge in [-0.05, 0) is 29.5 Å². The molecule has 1 atom stereocenters. The third-order valence-corrected chi connectivity index (χ3v) is 7.94. The van der Waals surface area contributed by atoms with Crippen molar-refractivity contribution in [2.45, 2.75) is 43.1 Å². The van der Waals surface area contributed by atoms with Gasteiger partial charge in [0.2, 0.25) is 11.8 Å². The summed E-state index contributed by atoms with van der Waals surface area (Å²) in [5.41, 5.74) is 2.01. The molecule has 1 saturated heterocycles. The summed E-state index contributed by atoms with van der Waals surface area (Å²) in [4.78, 5) is 43.6. The first-order valence-electron chi connectivity index (χ1n) is 13.0. The van der Waals surface area contributed by atoms with Crippen LogP contribution >= 0.6 is 13.5 Å². The van der Waals surface area contributed by atoms with E-state index in [-0.39, 0.29) is 38.4 Å². The number of carbonyl (C=O) groups is 3. The number of piperazine rings is 1. The number of hydrogen-bond acceptors (Lipinski definition) is 3. The summed E-state index contributed by atoms with van der Waals surface area (Å²) in [5.74, 6) is -1.98. The fourth-order valence-electron chi connectivity index (χ4n) is 6.04. The van der Waals surface area contributed by atoms with Crippen molar-refractivity contribution in [3.05, 3.63) is 108 Å². The molecular formula is C31H34N2O4S. The third-order valence-electron chi connectivity index (χ3n) is 7.94. The van der Waals surface area contributed by atoms with Crippen molar-refractivity contribution in [1.29, 1.82) is 0 Å². The monoisotopic (exact) mass is 530 g/mol. The normalized spacial score (nSPS) is 18.6. The second-order valence-corrected chi connectivity index (χ2v) is 10.0. The fourth-order valence-corrected chi connectivity index (χ4v) is 6.04. The third kappa shape index (κ3) is 5.20. The van der Waals surface area contributed by atoms with E-state index in [4.69, 9.17) is 0 Å². The summed E-state index contributed by atoms with van der Waals surface area (Å²) in [7, 11) is 0. The van der Waals surface area contributed by atoms with E-state index in [0.717, 1.165) is 42.4 Å². The molecule has 0 spiro atoms. The van der Waals surface area contributed by atoms with Gasteiger partial charge >= 0.3 is 5.97 Å². The first-order chi connectivity index (χ1) is 18.0. The van der Waals surface area contributed by atoms with E-state index in [9.17, 15) is 19.5 Å². The number of hydrogen-bond donors (Lipinski definition) is 1. The number of carbonyl (C=O) groups excluding carboxylic acids is 2. The maximum absolute atomic E-state index is 14.0. The topological polar surface area (TPSA) is 77.9 Å². The van der Waals surface area contributed by atoms with Gasteiger partial charge in [0.05, 0.1) is 17.9 Å². The minimum absolute atomic E-state index is 0. The maximum Gasteiger partial charge on any atom is 0.328 e. The van der Waals surface area contributed by atoms with Crippen LogP contribution in [0.3, 0.4) is 0 Å². The molecule has 6 nitrogen and oxygen atoms in total. The minimum atomic E-state index is -1.10. The molecule has 3 aromatic rings. The van der Waals surface area contributed by atoms with Crippen molar-refractivity contribution >= 4 is 31.3 Å². The zero-order chi connectivity index (χ0) is 25.8. The molecule has 7 heteroatoms. The summed E-state index contributed by atoms with van der Waals surface area (Å²) in [5, 5.41) is 10.2. The molecule has 198 valence electrons. The zero-order valence-corrected chi connectivity index (χ0v) is 22.3. The molecule has 2 amide bonds. The quantitative estimate of drug-likeness (QED) is 0.507. The Morgan fingerprint density at radius 3 is 1.76 bits per heavy atom. The Kier molecular flexibility index (Phi) is 8.57. The summed E-state index contributed by atoms with van der Waals surface area (Å²) < 4.78 is 0. The van der Waals surface area contributed by atoms with Crippen LogP contribution in [-0.2, 0) is 19.8 Å². The number of nitrogens with zero attached hydrogens (tertiary/aromatic N) is 2. The van der Waals surface area contributed by atoms with Gasteiger partial charge in [-0.2, -0.15) is 13.5 Å². The second kappa shape index (κ2) is 11.9. The van der Waals surface area contributed by atoms with E-state index < -0.39 is 23.3 Å². The second-order valence-electron chi connectivity index (χ2n) is 10.0. The Balaban J connectivity index is 0.00000336. The fraction of sp³-hybridized carbons (Fsp3) is 0.323. The van der Waals surface area contributed by atoms with E-state index in [1.807, 2.05) is 91.0 Å². The molecule has 0 unspecified atom stereocenters. The van der Waals surface area contributed by atoms with Crippen molar-refractivity contribution in [2.75, 3.05) is 19.6 Å². The van der Waals surface area contributed by atoms with Gasteiger partial charge in [-0.25, -0.2) is 4.79 Å². The molecule has 1 heterocycles. The summed E-state index contributed by atoms with van der Waals surface area (Å²) in [6, 6.07) is 27.7. The largest absolute Gasteiger partial charge is 0.480 e. The zero-order valence-electron chi connectivity index (χ0n) is 21.3. The number of aliphatic carboxylic acids is 1. The van der Waals surface area contributed by atoms with Gasteiger partial charge in [0.1, 0.15) is 6.04 Å². The van der Waals surface area contributed by atoms with Crippen molar-refractivity contribution < 1.29 is 19.5 Å². The van der Waals surface area contributed by atoms with Crippen LogP contribution in [0, 0.1) is 0 Å². The van der Waals surface area contributed by atoms with Crippen LogP contribution in [-0.4, -0.2) is 58.4 Å². The van der Waals surface area contributed by atoms with Crippen molar-refractivity contribution in [3.63, 3.8) is 0 Å². The molecule has 0 radical (unpaired) electrons. The van der Waals surface area contributed by atoms with Crippen molar-refractivity contribution in [1.82, 2.24) is 9.80 Å². The van der Waals surface area contributed by atoms with Crippen LogP contribution in [0.4, 0.5) is 0 Å². The van der Waals surface area contributed by atoms with Gasteiger partial charge in [-0.3, -0.25) is 9.59 Å². The molecule has 5 rings (SSSR count). The Labute approximate surface area is 230 Å². The van der Waals surface area contributed by atoms with Gasteiger partial charge < -0.3 is 14.9 Å². The van der Waals surface area contributed by atoms with Crippen molar-refractivity contribution in [2.24, 2.45) is 0 Å². The smallest absolute Gasteiger partial charge is 0.328 e. The highest BCUT2D eigenvalue weighted by atomic mass is 32.1. The van der Waals surface area contributed by atoms with Crippen LogP contribution in [0.25, 0.3) is 0 Å². The Morgan fingerprint density at radius 1 is 0.763 bits per heavy atom. The molecule has 1 aliphatic heterocycles. The average molecular weight is 531 g/mol. The number of amides is 2. The minimum Gasteiger partial charge on any atom is -0.480 e. The number of benzene rings is 3. The highest BCUT2D eigenvalue weighted by Crippen LogP contribution is 2.43. The van der Waals surface area contributed by atoms with Gasteiger partial charge in [-0.15, -0.1) is 0 Å². The highest BCUT2D eigenvalue weighted by molar-refractivity contribution is 7.59. The van der Waals surface area contributed by atoms with E-state index in [0.29, 0.717) is 6.54 Å². The number of carboxylic acid groups (broad SMARTS) is 1. The molecule has 0 aromatic heterocycles. The maximum atomic E-state index is 14.0. The summed E-state index contributed by atoms with van der Waals surface area (Å²) >= 11 is 0. The Bertz CT molecular complexity index is 1210. The lowest BCUT2D eigenvalue weighted by atomic mass is 9.77. The molecule has 3 aromatic carbocycles. The lowest BCUT2D eigenvalue weighted by Gasteiger charge is -2.43. The molecule has 1 N–H and O–H groups in total. The molecule has 2 fully saturated rings. The molecule has 38 heavy (non-hydrogen) atoms. The SMILES string of the molecule is O=C(O)[C@@H]1CN(C(=O)C2(c3ccccc3)CCCC2)CCN1C(=O)C(c1ccccc1)c1ccccc1.S. The van der Waals surface area contributed by atoms with Gasteiger partial charge in [-0.1, -0.05) is 104 Å². The van der Waals surface area contributed by atoms with Gasteiger partial charge in [0.15, 0.2) is 0 Å². The first kappa shape index (κ1) is 27.5. The average Bonchev–Trinajstić information content (AvgIpc) is 3.45. The summed E-state index contributed by atoms with van der Waals surface area (Å²) in [6.07, 6.45) is 3.46.